The molecule has 0 aliphatic heterocycles. The minimum absolute atomic E-state index is 0.00272. The molecule has 0 spiro atoms. The van der Waals surface area contributed by atoms with Gasteiger partial charge in [-0.05, 0) is 62.1 Å². The molecule has 0 fully saturated rings. The molecule has 4 heterocycles. The lowest BCUT2D eigenvalue weighted by atomic mass is 10.0. The van der Waals surface area contributed by atoms with Gasteiger partial charge in [0.1, 0.15) is 28.8 Å². The SMILES string of the molecule is CC(C)C(=O)c1ccc(C(=O)NCCCN(CCCC(C(=O)NCCOCCN)N(CCCNC(=O)c2ccc(C(=O)C(C)C)c(=O)n2O)C(=O)c2cccc(=O)n2O)C(=O)c2cccc(=O)n2O)n(O)c1=O. The number of rotatable bonds is 27. The average molecular weight is 1020 g/mol. The van der Waals surface area contributed by atoms with Crippen LogP contribution in [0.4, 0.5) is 0 Å². The van der Waals surface area contributed by atoms with Crippen LogP contribution in [-0.2, 0) is 9.53 Å². The third-order valence-electron chi connectivity index (χ3n) is 11.2. The van der Waals surface area contributed by atoms with Crippen molar-refractivity contribution in [1.82, 2.24) is 44.7 Å². The average Bonchev–Trinajstić information content (AvgIpc) is 3.35. The lowest BCUT2D eigenvalue weighted by Crippen LogP contribution is -2.52. The molecule has 0 aromatic carbocycles. The van der Waals surface area contributed by atoms with Gasteiger partial charge in [-0.3, -0.25) is 52.7 Å². The molecular formula is C47H60N10O16. The van der Waals surface area contributed by atoms with E-state index in [1.165, 1.54) is 23.1 Å². The van der Waals surface area contributed by atoms with Crippen molar-refractivity contribution in [3.8, 4) is 0 Å². The van der Waals surface area contributed by atoms with Crippen LogP contribution in [0.5, 0.6) is 0 Å². The van der Waals surface area contributed by atoms with E-state index in [1.807, 2.05) is 0 Å². The summed E-state index contributed by atoms with van der Waals surface area (Å²) in [5.41, 5.74) is -1.31. The second-order valence-electron chi connectivity index (χ2n) is 17.0. The number of amides is 5. The van der Waals surface area contributed by atoms with Gasteiger partial charge in [0, 0.05) is 69.8 Å². The summed E-state index contributed by atoms with van der Waals surface area (Å²) in [5, 5.41) is 49.7. The smallest absolute Gasteiger partial charge is 0.294 e. The Hall–Kier alpha value is -8.39. The number of carbonyl (C=O) groups excluding carboxylic acids is 7. The molecule has 4 aromatic rings. The maximum atomic E-state index is 14.3. The molecule has 0 radical (unpaired) electrons. The molecule has 9 N–H and O–H groups in total. The van der Waals surface area contributed by atoms with Gasteiger partial charge in [-0.15, -0.1) is 18.9 Å². The van der Waals surface area contributed by atoms with Crippen LogP contribution in [0.15, 0.2) is 79.8 Å². The maximum Gasteiger partial charge on any atom is 0.294 e. The van der Waals surface area contributed by atoms with Crippen LogP contribution in [0.25, 0.3) is 0 Å². The van der Waals surface area contributed by atoms with Crippen molar-refractivity contribution in [2.24, 2.45) is 17.6 Å². The lowest BCUT2D eigenvalue weighted by molar-refractivity contribution is -0.126. The van der Waals surface area contributed by atoms with E-state index in [1.54, 1.807) is 27.7 Å². The number of pyridine rings is 4. The lowest BCUT2D eigenvalue weighted by Gasteiger charge is -2.32. The normalized spacial score (nSPS) is 11.5. The zero-order chi connectivity index (χ0) is 54.1. The Labute approximate surface area is 416 Å². The molecule has 1 atom stereocenters. The first-order valence-corrected chi connectivity index (χ1v) is 23.2. The molecule has 1 unspecified atom stereocenters. The van der Waals surface area contributed by atoms with Gasteiger partial charge < -0.3 is 57.0 Å². The Balaban J connectivity index is 1.61. The predicted molar refractivity (Wildman–Crippen MR) is 257 cm³/mol. The highest BCUT2D eigenvalue weighted by Gasteiger charge is 2.33. The Kier molecular flexibility index (Phi) is 20.9. The molecule has 5 amide bonds. The van der Waals surface area contributed by atoms with Crippen LogP contribution >= 0.6 is 0 Å². The molecule has 4 aromatic heterocycles. The molecule has 73 heavy (non-hydrogen) atoms. The summed E-state index contributed by atoms with van der Waals surface area (Å²) in [7, 11) is 0. The monoisotopic (exact) mass is 1020 g/mol. The number of hydrogen-bond acceptors (Lipinski definition) is 17. The first-order chi connectivity index (χ1) is 34.6. The Morgan fingerprint density at radius 1 is 0.562 bits per heavy atom. The van der Waals surface area contributed by atoms with E-state index in [2.05, 4.69) is 16.0 Å². The number of ketones is 2. The van der Waals surface area contributed by atoms with E-state index in [0.29, 0.717) is 0 Å². The largest absolute Gasteiger partial charge is 0.425 e. The Morgan fingerprint density at radius 2 is 1.03 bits per heavy atom. The number of aromatic nitrogens is 4. The standard InChI is InChI=1S/C47H60N10O16/c1-28(2)39(60)30-15-17-33(56(71)44(30)65)42(63)49-20-8-24-52(46(67)35-10-5-13-37(58)54(35)69)23-7-12-32(41(62)51-22-27-73-26-19-48)53(47(68)36-11-6-14-38(59)55(36)70)25-9-21-50-43(64)34-18-16-31(40(61)29(3)4)45(66)57(34)72/h5-6,10-11,13-18,28-29,32,69-72H,7-9,12,19-27,48H2,1-4H3,(H,49,63)(H,50,64)(H,51,62). The van der Waals surface area contributed by atoms with Gasteiger partial charge in [-0.2, -0.15) is 0 Å². The van der Waals surface area contributed by atoms with Gasteiger partial charge in [0.15, 0.2) is 11.6 Å². The van der Waals surface area contributed by atoms with E-state index in [-0.39, 0.29) is 115 Å². The number of carbonyl (C=O) groups is 7. The fraction of sp³-hybridized carbons (Fsp3) is 0.426. The van der Waals surface area contributed by atoms with Crippen molar-refractivity contribution < 1.29 is 59.1 Å². The van der Waals surface area contributed by atoms with Gasteiger partial charge in [-0.25, -0.2) is 0 Å². The van der Waals surface area contributed by atoms with Crippen LogP contribution < -0.4 is 43.9 Å². The minimum Gasteiger partial charge on any atom is -0.425 e. The highest BCUT2D eigenvalue weighted by atomic mass is 16.5. The van der Waals surface area contributed by atoms with Crippen molar-refractivity contribution in [3.63, 3.8) is 0 Å². The van der Waals surface area contributed by atoms with Crippen molar-refractivity contribution in [2.45, 2.75) is 59.4 Å². The molecule has 394 valence electrons. The molecule has 0 bridgehead atoms. The quantitative estimate of drug-likeness (QED) is 0.0211. The number of Topliss-reactive ketones (excluding diaryl/α,β-unsaturated/α-hetero) is 2. The highest BCUT2D eigenvalue weighted by molar-refractivity contribution is 6.00. The third-order valence-corrected chi connectivity index (χ3v) is 11.2. The summed E-state index contributed by atoms with van der Waals surface area (Å²) in [4.78, 5) is 146. The first-order valence-electron chi connectivity index (χ1n) is 23.2. The summed E-state index contributed by atoms with van der Waals surface area (Å²) in [6.07, 6.45) is -0.449. The van der Waals surface area contributed by atoms with Gasteiger partial charge in [0.25, 0.3) is 45.9 Å². The molecule has 0 aliphatic carbocycles. The zero-order valence-corrected chi connectivity index (χ0v) is 40.6. The van der Waals surface area contributed by atoms with Crippen molar-refractivity contribution in [1.29, 1.82) is 0 Å². The van der Waals surface area contributed by atoms with E-state index in [4.69, 9.17) is 10.5 Å². The molecule has 26 heteroatoms. The van der Waals surface area contributed by atoms with Crippen molar-refractivity contribution in [2.75, 3.05) is 59.0 Å². The topological polar surface area (TPSA) is 366 Å². The number of nitrogens with two attached hydrogens (primary N) is 1. The Bertz CT molecular complexity index is 2920. The summed E-state index contributed by atoms with van der Waals surface area (Å²) >= 11 is 0. The number of ether oxygens (including phenoxy) is 1. The second kappa shape index (κ2) is 26.7. The summed E-state index contributed by atoms with van der Waals surface area (Å²) in [6, 6.07) is 9.66. The minimum atomic E-state index is -1.44. The van der Waals surface area contributed by atoms with E-state index in [9.17, 15) is 73.6 Å². The van der Waals surface area contributed by atoms with Crippen LogP contribution in [-0.4, -0.2) is 156 Å². The molecule has 0 aliphatic rings. The fourth-order valence-corrected chi connectivity index (χ4v) is 7.26. The summed E-state index contributed by atoms with van der Waals surface area (Å²) in [5.74, 6) is -6.76. The third kappa shape index (κ3) is 14.6. The fourth-order valence-electron chi connectivity index (χ4n) is 7.26. The van der Waals surface area contributed by atoms with Gasteiger partial charge >= 0.3 is 0 Å². The summed E-state index contributed by atoms with van der Waals surface area (Å²) in [6.45, 7) is 5.35. The van der Waals surface area contributed by atoms with Crippen LogP contribution in [0.3, 0.4) is 0 Å². The van der Waals surface area contributed by atoms with Gasteiger partial charge in [0.2, 0.25) is 5.91 Å². The molecule has 0 saturated heterocycles. The van der Waals surface area contributed by atoms with Crippen molar-refractivity contribution in [3.05, 3.63) is 136 Å². The number of hydrogen-bond donors (Lipinski definition) is 8. The predicted octanol–water partition coefficient (Wildman–Crippen LogP) is -0.575. The first kappa shape index (κ1) is 57.2. The Morgan fingerprint density at radius 3 is 1.51 bits per heavy atom. The number of nitrogens with zero attached hydrogens (tertiary/aromatic N) is 6. The zero-order valence-electron chi connectivity index (χ0n) is 40.6. The van der Waals surface area contributed by atoms with Crippen LogP contribution in [0.2, 0.25) is 0 Å². The van der Waals surface area contributed by atoms with Crippen LogP contribution in [0.1, 0.15) is 116 Å². The van der Waals surface area contributed by atoms with Gasteiger partial charge in [-0.1, -0.05) is 39.8 Å². The molecule has 0 saturated carbocycles. The molecule has 26 nitrogen and oxygen atoms in total. The van der Waals surface area contributed by atoms with E-state index >= 15 is 0 Å². The second-order valence-corrected chi connectivity index (χ2v) is 17.0. The van der Waals surface area contributed by atoms with Crippen molar-refractivity contribution >= 4 is 41.1 Å². The van der Waals surface area contributed by atoms with Gasteiger partial charge in [0.05, 0.1) is 24.3 Å². The highest BCUT2D eigenvalue weighted by Crippen LogP contribution is 2.16. The molecule has 4 rings (SSSR count). The van der Waals surface area contributed by atoms with E-state index in [0.717, 1.165) is 47.4 Å². The number of nitrogens with one attached hydrogen (secondary N) is 3. The maximum absolute atomic E-state index is 14.3. The van der Waals surface area contributed by atoms with Crippen LogP contribution in [0, 0.1) is 11.8 Å². The molecular weight excluding hydrogens is 961 g/mol. The summed E-state index contributed by atoms with van der Waals surface area (Å²) < 4.78 is 5.67. The van der Waals surface area contributed by atoms with E-state index < -0.39 is 104 Å².